The highest BCUT2D eigenvalue weighted by molar-refractivity contribution is 5.86. The van der Waals surface area contributed by atoms with Crippen LogP contribution >= 0.6 is 0 Å². The van der Waals surface area contributed by atoms with Gasteiger partial charge in [0, 0.05) is 18.4 Å². The van der Waals surface area contributed by atoms with Gasteiger partial charge in [-0.2, -0.15) is 5.10 Å². The Labute approximate surface area is 152 Å². The quantitative estimate of drug-likeness (QED) is 0.917. The standard InChI is InChI=1S/C20H23N3O3/c24-19(12-14-6-8-16(9-7-14)22-11-3-10-21-22)23-17-5-2-1-4-15(17)13-18(23)20(25)26/h3,6-11,15,17-18H,1-2,4-5,12-13H2,(H,25,26). The van der Waals surface area contributed by atoms with Crippen molar-refractivity contribution in [3.8, 4) is 5.69 Å². The number of nitrogens with zero attached hydrogens (tertiary/aromatic N) is 3. The Morgan fingerprint density at radius 2 is 1.92 bits per heavy atom. The van der Waals surface area contributed by atoms with E-state index in [4.69, 9.17) is 0 Å². The number of carboxylic acid groups (broad SMARTS) is 1. The highest BCUT2D eigenvalue weighted by atomic mass is 16.4. The minimum atomic E-state index is -0.873. The molecule has 6 heteroatoms. The van der Waals surface area contributed by atoms with Gasteiger partial charge in [-0.3, -0.25) is 4.79 Å². The maximum atomic E-state index is 12.9. The van der Waals surface area contributed by atoms with Crippen LogP contribution in [0.5, 0.6) is 0 Å². The van der Waals surface area contributed by atoms with Crippen LogP contribution in [0.1, 0.15) is 37.7 Å². The summed E-state index contributed by atoms with van der Waals surface area (Å²) in [4.78, 5) is 26.3. The Kier molecular flexibility index (Phi) is 4.49. The van der Waals surface area contributed by atoms with Crippen molar-refractivity contribution in [2.45, 2.75) is 50.6 Å². The topological polar surface area (TPSA) is 75.4 Å². The van der Waals surface area contributed by atoms with E-state index < -0.39 is 12.0 Å². The molecule has 6 nitrogen and oxygen atoms in total. The molecule has 1 N–H and O–H groups in total. The Bertz CT molecular complexity index is 785. The summed E-state index contributed by atoms with van der Waals surface area (Å²) in [5, 5.41) is 13.8. The van der Waals surface area contributed by atoms with E-state index >= 15 is 0 Å². The third-order valence-corrected chi connectivity index (χ3v) is 5.72. The van der Waals surface area contributed by atoms with Crippen molar-refractivity contribution in [3.63, 3.8) is 0 Å². The molecular weight excluding hydrogens is 330 g/mol. The van der Waals surface area contributed by atoms with E-state index in [9.17, 15) is 14.7 Å². The van der Waals surface area contributed by atoms with Crippen molar-refractivity contribution in [2.75, 3.05) is 0 Å². The Morgan fingerprint density at radius 1 is 1.15 bits per heavy atom. The first-order chi connectivity index (χ1) is 12.6. The summed E-state index contributed by atoms with van der Waals surface area (Å²) in [5.74, 6) is -0.601. The number of carbonyl (C=O) groups excluding carboxylic acids is 1. The molecule has 2 aliphatic rings. The predicted octanol–water partition coefficient (Wildman–Crippen LogP) is 2.66. The van der Waals surface area contributed by atoms with E-state index in [0.717, 1.165) is 36.9 Å². The lowest BCUT2D eigenvalue weighted by Gasteiger charge is -2.33. The molecule has 0 radical (unpaired) electrons. The lowest BCUT2D eigenvalue weighted by Crippen LogP contribution is -2.46. The fraction of sp³-hybridized carbons (Fsp3) is 0.450. The zero-order valence-electron chi connectivity index (χ0n) is 14.6. The summed E-state index contributed by atoms with van der Waals surface area (Å²) in [5.41, 5.74) is 1.83. The summed E-state index contributed by atoms with van der Waals surface area (Å²) in [7, 11) is 0. The van der Waals surface area contributed by atoms with E-state index in [1.165, 1.54) is 0 Å². The molecule has 1 amide bonds. The van der Waals surface area contributed by atoms with E-state index in [-0.39, 0.29) is 18.4 Å². The fourth-order valence-corrected chi connectivity index (χ4v) is 4.49. The van der Waals surface area contributed by atoms with Gasteiger partial charge in [0.25, 0.3) is 0 Å². The van der Waals surface area contributed by atoms with Crippen LogP contribution in [0, 0.1) is 5.92 Å². The molecule has 1 aliphatic heterocycles. The number of hydrogen-bond donors (Lipinski definition) is 1. The first kappa shape index (κ1) is 16.8. The number of fused-ring (bicyclic) bond motifs is 1. The van der Waals surface area contributed by atoms with Gasteiger partial charge in [-0.05, 0) is 48.9 Å². The molecule has 3 unspecified atom stereocenters. The lowest BCUT2D eigenvalue weighted by atomic mass is 9.84. The van der Waals surface area contributed by atoms with Gasteiger partial charge in [0.15, 0.2) is 0 Å². The number of aliphatic carboxylic acids is 1. The van der Waals surface area contributed by atoms with Crippen LogP contribution in [0.2, 0.25) is 0 Å². The maximum Gasteiger partial charge on any atom is 0.326 e. The van der Waals surface area contributed by atoms with Gasteiger partial charge in [-0.25, -0.2) is 9.48 Å². The molecule has 1 aromatic heterocycles. The van der Waals surface area contributed by atoms with Crippen LogP contribution in [0.4, 0.5) is 0 Å². The molecule has 3 atom stereocenters. The Balaban J connectivity index is 1.50. The summed E-state index contributed by atoms with van der Waals surface area (Å²) >= 11 is 0. The molecule has 0 bridgehead atoms. The third kappa shape index (κ3) is 3.11. The minimum absolute atomic E-state index is 0.0707. The van der Waals surface area contributed by atoms with E-state index in [0.29, 0.717) is 12.3 Å². The van der Waals surface area contributed by atoms with Crippen molar-refractivity contribution in [1.29, 1.82) is 0 Å². The highest BCUT2D eigenvalue weighted by Crippen LogP contribution is 2.40. The number of likely N-dealkylation sites (tertiary alicyclic amines) is 1. The summed E-state index contributed by atoms with van der Waals surface area (Å²) < 4.78 is 1.76. The van der Waals surface area contributed by atoms with Crippen LogP contribution in [0.15, 0.2) is 42.7 Å². The van der Waals surface area contributed by atoms with Crippen LogP contribution in [-0.4, -0.2) is 43.7 Å². The lowest BCUT2D eigenvalue weighted by molar-refractivity contribution is -0.149. The monoisotopic (exact) mass is 353 g/mol. The van der Waals surface area contributed by atoms with E-state index in [1.54, 1.807) is 15.8 Å². The van der Waals surface area contributed by atoms with Crippen LogP contribution < -0.4 is 0 Å². The van der Waals surface area contributed by atoms with Gasteiger partial charge < -0.3 is 10.0 Å². The van der Waals surface area contributed by atoms with E-state index in [1.807, 2.05) is 36.5 Å². The SMILES string of the molecule is O=C(O)C1CC2CCCCC2N1C(=O)Cc1ccc(-n2cccn2)cc1. The van der Waals surface area contributed by atoms with Crippen LogP contribution in [0.25, 0.3) is 5.69 Å². The first-order valence-electron chi connectivity index (χ1n) is 9.26. The second-order valence-corrected chi connectivity index (χ2v) is 7.30. The van der Waals surface area contributed by atoms with E-state index in [2.05, 4.69) is 5.10 Å². The molecule has 2 aromatic rings. The molecule has 26 heavy (non-hydrogen) atoms. The zero-order valence-corrected chi connectivity index (χ0v) is 14.6. The van der Waals surface area contributed by atoms with Crippen molar-refractivity contribution >= 4 is 11.9 Å². The predicted molar refractivity (Wildman–Crippen MR) is 95.9 cm³/mol. The largest absolute Gasteiger partial charge is 0.480 e. The van der Waals surface area contributed by atoms with Crippen LogP contribution in [0.3, 0.4) is 0 Å². The minimum Gasteiger partial charge on any atom is -0.480 e. The zero-order chi connectivity index (χ0) is 18.1. The number of benzene rings is 1. The summed E-state index contributed by atoms with van der Waals surface area (Å²) in [6.45, 7) is 0. The second kappa shape index (κ2) is 6.94. The van der Waals surface area contributed by atoms with Gasteiger partial charge in [0.2, 0.25) is 5.91 Å². The molecule has 1 saturated heterocycles. The molecule has 1 aliphatic carbocycles. The smallest absolute Gasteiger partial charge is 0.326 e. The van der Waals surface area contributed by atoms with Crippen LogP contribution in [-0.2, 0) is 16.0 Å². The number of amides is 1. The fourth-order valence-electron chi connectivity index (χ4n) is 4.49. The number of hydrogen-bond acceptors (Lipinski definition) is 3. The summed E-state index contributed by atoms with van der Waals surface area (Å²) in [6, 6.07) is 8.98. The number of aromatic nitrogens is 2. The van der Waals surface area contributed by atoms with Crippen molar-refractivity contribution in [3.05, 3.63) is 48.3 Å². The molecule has 136 valence electrons. The van der Waals surface area contributed by atoms with Gasteiger partial charge in [0.05, 0.1) is 12.1 Å². The molecule has 1 aromatic carbocycles. The Hall–Kier alpha value is -2.63. The third-order valence-electron chi connectivity index (χ3n) is 5.72. The van der Waals surface area contributed by atoms with Gasteiger partial charge in [-0.1, -0.05) is 25.0 Å². The summed E-state index contributed by atoms with van der Waals surface area (Å²) in [6.07, 6.45) is 8.62. The average molecular weight is 353 g/mol. The number of carbonyl (C=O) groups is 2. The molecule has 2 heterocycles. The average Bonchev–Trinajstić information content (AvgIpc) is 3.30. The molecule has 0 spiro atoms. The van der Waals surface area contributed by atoms with Crippen molar-refractivity contribution in [2.24, 2.45) is 5.92 Å². The number of rotatable bonds is 4. The molecular formula is C20H23N3O3. The van der Waals surface area contributed by atoms with Crippen molar-refractivity contribution in [1.82, 2.24) is 14.7 Å². The number of carboxylic acids is 1. The molecule has 4 rings (SSSR count). The Morgan fingerprint density at radius 3 is 2.62 bits per heavy atom. The van der Waals surface area contributed by atoms with Gasteiger partial charge in [0.1, 0.15) is 6.04 Å². The maximum absolute atomic E-state index is 12.9. The van der Waals surface area contributed by atoms with Gasteiger partial charge in [-0.15, -0.1) is 0 Å². The van der Waals surface area contributed by atoms with Crippen molar-refractivity contribution < 1.29 is 14.7 Å². The van der Waals surface area contributed by atoms with Gasteiger partial charge >= 0.3 is 5.97 Å². The normalized spacial score (nSPS) is 25.1. The second-order valence-electron chi connectivity index (χ2n) is 7.30. The molecule has 2 fully saturated rings. The first-order valence-corrected chi connectivity index (χ1v) is 9.26. The molecule has 1 saturated carbocycles. The highest BCUT2D eigenvalue weighted by Gasteiger charge is 2.47.